The molecule has 4 aromatic heterocycles. The van der Waals surface area contributed by atoms with Crippen LogP contribution in [0.2, 0.25) is 15.7 Å². The summed E-state index contributed by atoms with van der Waals surface area (Å²) in [5, 5.41) is 35.4. The van der Waals surface area contributed by atoms with Gasteiger partial charge in [0.2, 0.25) is 10.6 Å². The monoisotopic (exact) mass is 1940 g/mol. The Bertz CT molecular complexity index is 5760. The Labute approximate surface area is 809 Å². The number of rotatable bonds is 18. The number of pyridine rings is 2. The minimum absolute atomic E-state index is 0. The van der Waals surface area contributed by atoms with Crippen molar-refractivity contribution >= 4 is 143 Å². The van der Waals surface area contributed by atoms with Crippen LogP contribution in [0.15, 0.2) is 534 Å². The minimum Gasteiger partial charge on any atom is -0.423 e. The van der Waals surface area contributed by atoms with E-state index in [4.69, 9.17) is 44.9 Å². The number of hydrogen-bond acceptors (Lipinski definition) is 8. The predicted molar refractivity (Wildman–Crippen MR) is 565 cm³/mol. The summed E-state index contributed by atoms with van der Waals surface area (Å²) < 4.78 is 0. The smallest absolute Gasteiger partial charge is 0.423 e. The van der Waals surface area contributed by atoms with Crippen LogP contribution in [0.1, 0.15) is 7.43 Å². The molecule has 0 saturated heterocycles. The maximum absolute atomic E-state index is 8.93. The summed E-state index contributed by atoms with van der Waals surface area (Å²) in [5.74, 6) is 0. The van der Waals surface area contributed by atoms with E-state index in [1.165, 1.54) is 63.7 Å². The maximum atomic E-state index is 8.93. The molecule has 2 N–H and O–H groups in total. The SMILES string of the molecule is C.Clc1cc(-c2ccccc2)nc(Cl)n1.Clc1nc(-c2ccccc2)cc(-c2ccc(-c3cccnc3)cc2)n1.OB(O)c1ccc(-c2cccnc2)cc1.[Pd].c1ccc(P(c2ccccc2)c2ccccc2)cc1.c1ccc(P(c2ccccc2)c2ccccc2)cc1.c1ccc(P(c2ccccc2)c2ccccc2)cc1.c1ccc(P(c2ccccc2)c2ccccc2)cc1. The molecule has 0 bridgehead atoms. The van der Waals surface area contributed by atoms with Crippen molar-refractivity contribution in [2.24, 2.45) is 0 Å². The summed E-state index contributed by atoms with van der Waals surface area (Å²) in [6, 6.07) is 176. The van der Waals surface area contributed by atoms with Crippen LogP contribution in [0.25, 0.3) is 56.0 Å². The Morgan fingerprint density at radius 2 is 0.379 bits per heavy atom. The average Bonchev–Trinajstić information content (AvgIpc) is 0.829. The molecule has 0 saturated carbocycles. The van der Waals surface area contributed by atoms with Gasteiger partial charge in [0.15, 0.2) is 0 Å². The van der Waals surface area contributed by atoms with Crippen LogP contribution in [0.5, 0.6) is 0 Å². The van der Waals surface area contributed by atoms with Gasteiger partial charge >= 0.3 is 7.12 Å². The molecule has 0 spiro atoms. The van der Waals surface area contributed by atoms with E-state index in [9.17, 15) is 0 Å². The first kappa shape index (κ1) is 98.3. The molecule has 0 unspecified atom stereocenters. The third-order valence-electron chi connectivity index (χ3n) is 20.1. The number of halogens is 3. The van der Waals surface area contributed by atoms with E-state index in [1.807, 2.05) is 121 Å². The van der Waals surface area contributed by atoms with E-state index in [2.05, 4.69) is 406 Å². The molecule has 20 rings (SSSR count). The molecule has 8 nitrogen and oxygen atoms in total. The summed E-state index contributed by atoms with van der Waals surface area (Å²) in [6.07, 6.45) is 7.11. The van der Waals surface area contributed by atoms with Crippen molar-refractivity contribution < 1.29 is 30.5 Å². The Hall–Kier alpha value is -12.8. The van der Waals surface area contributed by atoms with Gasteiger partial charge in [-0.1, -0.05) is 504 Å². The standard InChI is InChI=1S/C21H14ClN3.4C18H15P.C11H10BNO2.C10H6Cl2N2.CH4.Pd/c22-21-24-19(16-5-2-1-3-6-16)13-20(25-21)17-10-8-15(9-11-17)18-7-4-12-23-14-18;4*1-4-10-16(11-5-1)19(17-12-6-2-7-13-17)18-14-8-3-9-15-18;14-12(15)11-5-3-9(4-6-11)10-2-1-7-13-8-10;11-9-6-8(13-10(12)14-9)7-4-2-1-3-5-7;;/h1-14H;4*1-15H;1-8,14-15H;1-6H;1H4;. The van der Waals surface area contributed by atoms with Gasteiger partial charge in [0, 0.05) is 68.0 Å². The van der Waals surface area contributed by atoms with E-state index >= 15 is 0 Å². The molecule has 0 fully saturated rings. The zero-order chi connectivity index (χ0) is 89.4. The van der Waals surface area contributed by atoms with Crippen LogP contribution in [0.4, 0.5) is 0 Å². The van der Waals surface area contributed by atoms with Gasteiger partial charge in [-0.15, -0.1) is 0 Å². The third kappa shape index (κ3) is 29.6. The van der Waals surface area contributed by atoms with Gasteiger partial charge in [0.25, 0.3) is 0 Å². The summed E-state index contributed by atoms with van der Waals surface area (Å²) in [7, 11) is -3.19. The van der Waals surface area contributed by atoms with Gasteiger partial charge in [0.1, 0.15) is 5.15 Å². The average molecular weight is 1940 g/mol. The van der Waals surface area contributed by atoms with E-state index in [1.54, 1.807) is 36.8 Å². The minimum atomic E-state index is -1.41. The van der Waals surface area contributed by atoms with Gasteiger partial charge in [-0.05, 0) is 164 Å². The molecule has 0 aliphatic rings. The van der Waals surface area contributed by atoms with Gasteiger partial charge in [0.05, 0.1) is 17.1 Å². The first-order chi connectivity index (χ1) is 64.1. The summed E-state index contributed by atoms with van der Waals surface area (Å²) in [5.41, 5.74) is 10.0. The van der Waals surface area contributed by atoms with E-state index < -0.39 is 38.8 Å². The van der Waals surface area contributed by atoms with Crippen molar-refractivity contribution in [1.29, 1.82) is 0 Å². The Morgan fingerprint density at radius 1 is 0.197 bits per heavy atom. The van der Waals surface area contributed by atoms with Gasteiger partial charge < -0.3 is 10.0 Å². The van der Waals surface area contributed by atoms with Gasteiger partial charge in [-0.25, -0.2) is 19.9 Å². The fraction of sp³-hybridized carbons (Fsp3) is 0.00870. The molecule has 0 aliphatic carbocycles. The predicted octanol–water partition coefficient (Wildman–Crippen LogP) is 23.8. The molecule has 0 amide bonds. The van der Waals surface area contributed by atoms with E-state index in [0.717, 1.165) is 56.0 Å². The normalized spacial score (nSPS) is 10.3. The van der Waals surface area contributed by atoms with Crippen LogP contribution in [0.3, 0.4) is 0 Å². The maximum Gasteiger partial charge on any atom is 0.488 e. The quantitative estimate of drug-likeness (QED) is 0.0378. The summed E-state index contributed by atoms with van der Waals surface area (Å²) in [6.45, 7) is 0. The molecule has 20 aromatic rings. The second-order valence-corrected chi connectivity index (χ2v) is 38.9. The molecular formula is C115H94BCl3N6O2P4Pd. The zero-order valence-corrected chi connectivity index (χ0v) is 78.6. The summed E-state index contributed by atoms with van der Waals surface area (Å²) >= 11 is 17.6. The fourth-order valence-corrected chi connectivity index (χ4v) is 23.7. The Kier molecular flexibility index (Phi) is 39.8. The van der Waals surface area contributed by atoms with Crippen LogP contribution in [0, 0.1) is 0 Å². The Balaban J connectivity index is 0.000000140. The molecule has 650 valence electrons. The zero-order valence-electron chi connectivity index (χ0n) is 71.2. The van der Waals surface area contributed by atoms with Crippen molar-refractivity contribution in [2.45, 2.75) is 7.43 Å². The number of hydrogen-bond donors (Lipinski definition) is 2. The molecule has 4 heterocycles. The molecule has 132 heavy (non-hydrogen) atoms. The largest absolute Gasteiger partial charge is 0.488 e. The molecule has 17 heteroatoms. The second kappa shape index (κ2) is 53.5. The number of nitrogens with zero attached hydrogens (tertiary/aromatic N) is 6. The second-order valence-electron chi connectivity index (χ2n) is 28.9. The van der Waals surface area contributed by atoms with Crippen LogP contribution in [-0.2, 0) is 20.4 Å². The molecular weight excluding hydrogens is 1840 g/mol. The summed E-state index contributed by atoms with van der Waals surface area (Å²) in [4.78, 5) is 24.7. The van der Waals surface area contributed by atoms with Crippen LogP contribution < -0.4 is 69.1 Å². The Morgan fingerprint density at radius 3 is 0.583 bits per heavy atom. The first-order valence-electron chi connectivity index (χ1n) is 42.2. The molecule has 0 atom stereocenters. The molecule has 0 aliphatic heterocycles. The van der Waals surface area contributed by atoms with Crippen molar-refractivity contribution in [3.05, 3.63) is 550 Å². The van der Waals surface area contributed by atoms with Crippen molar-refractivity contribution in [3.8, 4) is 56.0 Å². The number of aromatic nitrogens is 6. The van der Waals surface area contributed by atoms with E-state index in [0.29, 0.717) is 10.6 Å². The van der Waals surface area contributed by atoms with E-state index in [-0.39, 0.29) is 38.4 Å². The fourth-order valence-electron chi connectivity index (χ4n) is 13.9. The number of benzene rings is 16. The first-order valence-corrected chi connectivity index (χ1v) is 48.7. The topological polar surface area (TPSA) is 118 Å². The van der Waals surface area contributed by atoms with Crippen molar-refractivity contribution in [2.75, 3.05) is 0 Å². The third-order valence-corrected chi connectivity index (χ3v) is 30.4. The van der Waals surface area contributed by atoms with Crippen LogP contribution in [-0.4, -0.2) is 47.1 Å². The molecule has 16 aromatic carbocycles. The molecule has 0 radical (unpaired) electrons. The van der Waals surface area contributed by atoms with Crippen molar-refractivity contribution in [3.63, 3.8) is 0 Å². The van der Waals surface area contributed by atoms with Gasteiger partial charge in [-0.2, -0.15) is 0 Å². The van der Waals surface area contributed by atoms with Crippen LogP contribution >= 0.6 is 66.5 Å². The van der Waals surface area contributed by atoms with Gasteiger partial charge in [-0.3, -0.25) is 9.97 Å². The van der Waals surface area contributed by atoms with Crippen molar-refractivity contribution in [1.82, 2.24) is 29.9 Å².